The third-order valence-corrected chi connectivity index (χ3v) is 5.28. The van der Waals surface area contributed by atoms with Gasteiger partial charge in [-0.25, -0.2) is 4.79 Å². The van der Waals surface area contributed by atoms with Crippen LogP contribution in [-0.4, -0.2) is 29.5 Å². The molecular weight excluding hydrogens is 282 g/mol. The summed E-state index contributed by atoms with van der Waals surface area (Å²) in [6.07, 6.45) is 0. The molecular formula is C13H11NO3S2. The molecule has 0 saturated carbocycles. The van der Waals surface area contributed by atoms with Gasteiger partial charge in [0.25, 0.3) is 0 Å². The van der Waals surface area contributed by atoms with Crippen LogP contribution in [0.25, 0.3) is 15.8 Å². The fourth-order valence-electron chi connectivity index (χ4n) is 2.03. The summed E-state index contributed by atoms with van der Waals surface area (Å²) in [6.45, 7) is 0. The number of fused-ring (bicyclic) bond motifs is 3. The van der Waals surface area contributed by atoms with Crippen LogP contribution in [0.2, 0.25) is 0 Å². The van der Waals surface area contributed by atoms with E-state index in [1.165, 1.54) is 30.4 Å². The molecule has 2 aromatic rings. The zero-order chi connectivity index (χ0) is 13.6. The molecule has 0 amide bonds. The molecule has 6 heteroatoms. The first-order valence-electron chi connectivity index (χ1n) is 5.58. The molecule has 1 aromatic carbocycles. The van der Waals surface area contributed by atoms with Crippen LogP contribution in [0, 0.1) is 0 Å². The first-order chi connectivity index (χ1) is 9.13. The van der Waals surface area contributed by atoms with Crippen molar-refractivity contribution in [3.8, 4) is 0 Å². The van der Waals surface area contributed by atoms with Gasteiger partial charge in [-0.2, -0.15) is 0 Å². The lowest BCUT2D eigenvalue weighted by Gasteiger charge is -2.24. The van der Waals surface area contributed by atoms with Gasteiger partial charge in [-0.3, -0.25) is 0 Å². The van der Waals surface area contributed by atoms with E-state index in [9.17, 15) is 9.90 Å². The van der Waals surface area contributed by atoms with Gasteiger partial charge in [-0.15, -0.1) is 11.3 Å². The first-order valence-corrected chi connectivity index (χ1v) is 7.17. The minimum absolute atomic E-state index is 0.00991. The number of aliphatic hydroxyl groups is 1. The van der Waals surface area contributed by atoms with Crippen molar-refractivity contribution in [3.63, 3.8) is 0 Å². The number of esters is 1. The Bertz CT molecular complexity index is 705. The minimum Gasteiger partial charge on any atom is -0.504 e. The van der Waals surface area contributed by atoms with Gasteiger partial charge in [0.15, 0.2) is 11.5 Å². The Morgan fingerprint density at radius 2 is 2.11 bits per heavy atom. The van der Waals surface area contributed by atoms with Crippen LogP contribution in [-0.2, 0) is 9.53 Å². The number of thiophene rings is 1. The largest absolute Gasteiger partial charge is 0.504 e. The second-order valence-electron chi connectivity index (χ2n) is 4.03. The Labute approximate surface area is 118 Å². The molecule has 1 aliphatic heterocycles. The average molecular weight is 293 g/mol. The van der Waals surface area contributed by atoms with E-state index in [2.05, 4.69) is 0 Å². The Balaban J connectivity index is 2.26. The van der Waals surface area contributed by atoms with E-state index in [0.29, 0.717) is 0 Å². The van der Waals surface area contributed by atoms with Crippen molar-refractivity contribution in [3.05, 3.63) is 34.8 Å². The fourth-order valence-corrected chi connectivity index (χ4v) is 4.36. The number of rotatable bonds is 1. The zero-order valence-corrected chi connectivity index (χ0v) is 12.0. The molecule has 0 atom stereocenters. The van der Waals surface area contributed by atoms with E-state index in [0.717, 1.165) is 19.9 Å². The average Bonchev–Trinajstić information content (AvgIpc) is 2.78. The highest BCUT2D eigenvalue weighted by Crippen LogP contribution is 2.47. The van der Waals surface area contributed by atoms with E-state index in [1.807, 2.05) is 24.3 Å². The number of benzene rings is 1. The molecule has 0 aliphatic carbocycles. The first kappa shape index (κ1) is 12.4. The summed E-state index contributed by atoms with van der Waals surface area (Å²) in [7, 11) is 3.05. The Kier molecular flexibility index (Phi) is 2.91. The molecule has 19 heavy (non-hydrogen) atoms. The number of likely N-dealkylation sites (N-methyl/N-ethyl adjacent to an activating group) is 1. The summed E-state index contributed by atoms with van der Waals surface area (Å²) >= 11 is 2.91. The topological polar surface area (TPSA) is 49.8 Å². The predicted molar refractivity (Wildman–Crippen MR) is 77.0 cm³/mol. The van der Waals surface area contributed by atoms with Crippen molar-refractivity contribution < 1.29 is 14.6 Å². The van der Waals surface area contributed by atoms with E-state index < -0.39 is 5.97 Å². The summed E-state index contributed by atoms with van der Waals surface area (Å²) in [5.74, 6) is -0.542. The molecule has 3 rings (SSSR count). The van der Waals surface area contributed by atoms with Gasteiger partial charge in [0, 0.05) is 17.1 Å². The molecule has 98 valence electrons. The lowest BCUT2D eigenvalue weighted by Crippen LogP contribution is -2.23. The smallest absolute Gasteiger partial charge is 0.359 e. The molecule has 1 aliphatic rings. The monoisotopic (exact) mass is 293 g/mol. The molecule has 1 N–H and O–H groups in total. The highest BCUT2D eigenvalue weighted by atomic mass is 32.2. The van der Waals surface area contributed by atoms with E-state index in [1.54, 1.807) is 11.4 Å². The van der Waals surface area contributed by atoms with Crippen LogP contribution >= 0.6 is 23.3 Å². The van der Waals surface area contributed by atoms with Gasteiger partial charge in [0.2, 0.25) is 0 Å². The SMILES string of the molecule is COC(=O)C1=C(O)c2sc3ccccc3c2SN1C. The Morgan fingerprint density at radius 3 is 2.84 bits per heavy atom. The number of ether oxygens (including phenoxy) is 1. The number of carbonyl (C=O) groups is 1. The second-order valence-corrected chi connectivity index (χ2v) is 6.22. The highest BCUT2D eigenvalue weighted by Gasteiger charge is 2.31. The van der Waals surface area contributed by atoms with Gasteiger partial charge in [-0.05, 0) is 18.0 Å². The summed E-state index contributed by atoms with van der Waals surface area (Å²) < 4.78 is 7.44. The van der Waals surface area contributed by atoms with Crippen molar-refractivity contribution in [2.75, 3.05) is 14.2 Å². The molecule has 0 bridgehead atoms. The number of hydrogen-bond acceptors (Lipinski definition) is 6. The molecule has 0 saturated heterocycles. The van der Waals surface area contributed by atoms with E-state index in [4.69, 9.17) is 4.74 Å². The summed E-state index contributed by atoms with van der Waals surface area (Å²) in [4.78, 5) is 13.4. The summed E-state index contributed by atoms with van der Waals surface area (Å²) in [5.41, 5.74) is 0.187. The molecule has 0 radical (unpaired) electrons. The van der Waals surface area contributed by atoms with Crippen LogP contribution in [0.5, 0.6) is 0 Å². The maximum Gasteiger partial charge on any atom is 0.359 e. The molecule has 1 aromatic heterocycles. The third kappa shape index (κ3) is 1.79. The maximum atomic E-state index is 11.7. The molecule has 0 unspecified atom stereocenters. The number of carbonyl (C=O) groups excluding carboxylic acids is 1. The standard InChI is InChI=1S/C13H11NO3S2/c1-14-9(13(16)17-2)10(15)12-11(19-14)7-5-3-4-6-8(7)18-12/h3-6,15H,1-2H3. The molecule has 2 heterocycles. The van der Waals surface area contributed by atoms with E-state index >= 15 is 0 Å². The maximum absolute atomic E-state index is 11.7. The lowest BCUT2D eigenvalue weighted by molar-refractivity contribution is -0.137. The number of hydrogen-bond donors (Lipinski definition) is 1. The van der Waals surface area contributed by atoms with Crippen LogP contribution in [0.15, 0.2) is 34.9 Å². The van der Waals surface area contributed by atoms with Crippen LogP contribution < -0.4 is 0 Å². The molecule has 0 fully saturated rings. The second kappa shape index (κ2) is 4.47. The van der Waals surface area contributed by atoms with Crippen molar-refractivity contribution in [1.82, 2.24) is 4.31 Å². The third-order valence-electron chi connectivity index (χ3n) is 2.91. The van der Waals surface area contributed by atoms with Crippen LogP contribution in [0.3, 0.4) is 0 Å². The molecule has 4 nitrogen and oxygen atoms in total. The van der Waals surface area contributed by atoms with Crippen LogP contribution in [0.1, 0.15) is 4.88 Å². The highest BCUT2D eigenvalue weighted by molar-refractivity contribution is 7.97. The normalized spacial score (nSPS) is 14.7. The van der Waals surface area contributed by atoms with Gasteiger partial charge in [0.05, 0.1) is 16.9 Å². The van der Waals surface area contributed by atoms with Gasteiger partial charge in [-0.1, -0.05) is 18.2 Å². The van der Waals surface area contributed by atoms with Crippen molar-refractivity contribution in [2.24, 2.45) is 0 Å². The van der Waals surface area contributed by atoms with E-state index in [-0.39, 0.29) is 11.5 Å². The summed E-state index contributed by atoms with van der Waals surface area (Å²) in [5, 5.41) is 11.4. The van der Waals surface area contributed by atoms with Crippen molar-refractivity contribution in [1.29, 1.82) is 0 Å². The predicted octanol–water partition coefficient (Wildman–Crippen LogP) is 3.25. The lowest BCUT2D eigenvalue weighted by atomic mass is 10.2. The van der Waals surface area contributed by atoms with Gasteiger partial charge in [0.1, 0.15) is 0 Å². The Morgan fingerprint density at radius 1 is 1.37 bits per heavy atom. The molecule has 0 spiro atoms. The Hall–Kier alpha value is -1.66. The quantitative estimate of drug-likeness (QED) is 0.646. The van der Waals surface area contributed by atoms with Gasteiger partial charge >= 0.3 is 5.97 Å². The number of aliphatic hydroxyl groups excluding tert-OH is 1. The van der Waals surface area contributed by atoms with Gasteiger partial charge < -0.3 is 14.1 Å². The zero-order valence-electron chi connectivity index (χ0n) is 10.3. The van der Waals surface area contributed by atoms with Crippen molar-refractivity contribution >= 4 is 45.1 Å². The summed E-state index contributed by atoms with van der Waals surface area (Å²) in [6, 6.07) is 7.94. The number of nitrogens with zero attached hydrogens (tertiary/aromatic N) is 1. The number of methoxy groups -OCH3 is 1. The fraction of sp³-hybridized carbons (Fsp3) is 0.154. The minimum atomic E-state index is -0.532. The van der Waals surface area contributed by atoms with Crippen molar-refractivity contribution in [2.45, 2.75) is 4.90 Å². The van der Waals surface area contributed by atoms with Crippen LogP contribution in [0.4, 0.5) is 0 Å².